The monoisotopic (exact) mass is 343 g/mol. The van der Waals surface area contributed by atoms with Gasteiger partial charge in [-0.05, 0) is 23.3 Å². The highest BCUT2D eigenvalue weighted by atomic mass is 35.6. The zero-order valence-corrected chi connectivity index (χ0v) is 12.4. The molecule has 0 atom stereocenters. The molecule has 1 aliphatic heterocycles. The summed E-state index contributed by atoms with van der Waals surface area (Å²) >= 11 is 16.5. The van der Waals surface area contributed by atoms with Crippen LogP contribution in [0.5, 0.6) is 0 Å². The van der Waals surface area contributed by atoms with Crippen molar-refractivity contribution >= 4 is 50.8 Å². The molecule has 9 heteroatoms. The van der Waals surface area contributed by atoms with E-state index in [-0.39, 0.29) is 18.0 Å². The molecule has 0 fully saturated rings. The van der Waals surface area contributed by atoms with E-state index in [1.54, 1.807) is 0 Å². The van der Waals surface area contributed by atoms with Gasteiger partial charge in [0.1, 0.15) is 0 Å². The van der Waals surface area contributed by atoms with Crippen LogP contribution in [0, 0.1) is 0 Å². The summed E-state index contributed by atoms with van der Waals surface area (Å²) in [6, 6.07) is 4.08. The molecule has 1 amide bonds. The number of halogens is 3. The van der Waals surface area contributed by atoms with Crippen LogP contribution >= 0.6 is 34.8 Å². The molecule has 1 aliphatic rings. The van der Waals surface area contributed by atoms with Gasteiger partial charge in [-0.2, -0.15) is 8.42 Å². The first-order valence-corrected chi connectivity index (χ1v) is 7.62. The first-order valence-electron chi connectivity index (χ1n) is 5.04. The van der Waals surface area contributed by atoms with Gasteiger partial charge in [0.05, 0.1) is 4.90 Å². The summed E-state index contributed by atoms with van der Waals surface area (Å²) in [5, 5.41) is 0. The molecular weight excluding hydrogens is 337 g/mol. The number of rotatable bonds is 1. The highest BCUT2D eigenvalue weighted by Crippen LogP contribution is 2.33. The van der Waals surface area contributed by atoms with Gasteiger partial charge < -0.3 is 4.90 Å². The van der Waals surface area contributed by atoms with Gasteiger partial charge in [-0.25, -0.2) is 0 Å². The number of nitrogens with zero attached hydrogens (tertiary/aromatic N) is 1. The SMILES string of the molecule is O=C(N1Cc2ccc(S(=O)(=O)O)cc2C1)C(Cl)(Cl)Cl. The average molecular weight is 345 g/mol. The molecule has 0 radical (unpaired) electrons. The maximum absolute atomic E-state index is 11.8. The van der Waals surface area contributed by atoms with E-state index in [1.807, 2.05) is 0 Å². The van der Waals surface area contributed by atoms with Gasteiger partial charge in [0, 0.05) is 13.1 Å². The van der Waals surface area contributed by atoms with Crippen LogP contribution in [0.3, 0.4) is 0 Å². The lowest BCUT2D eigenvalue weighted by molar-refractivity contribution is -0.130. The van der Waals surface area contributed by atoms with Gasteiger partial charge in [-0.15, -0.1) is 0 Å². The molecule has 0 saturated heterocycles. The maximum atomic E-state index is 11.8. The lowest BCUT2D eigenvalue weighted by Gasteiger charge is -2.19. The van der Waals surface area contributed by atoms with E-state index in [2.05, 4.69) is 0 Å². The Balaban J connectivity index is 2.29. The lowest BCUT2D eigenvalue weighted by Crippen LogP contribution is -2.35. The standard InChI is InChI=1S/C10H8Cl3NO4S/c11-10(12,13)9(15)14-4-6-1-2-8(19(16,17)18)3-7(6)5-14/h1-3H,4-5H2,(H,16,17,18). The second-order valence-electron chi connectivity index (χ2n) is 4.06. The Morgan fingerprint density at radius 3 is 2.32 bits per heavy atom. The van der Waals surface area contributed by atoms with Crippen LogP contribution < -0.4 is 0 Å². The Morgan fingerprint density at radius 2 is 1.79 bits per heavy atom. The first-order chi connectivity index (χ1) is 8.59. The molecular formula is C10H8Cl3NO4S. The Bertz CT molecular complexity index is 639. The van der Waals surface area contributed by atoms with Crippen LogP contribution in [0.4, 0.5) is 0 Å². The van der Waals surface area contributed by atoms with Crippen LogP contribution in [0.15, 0.2) is 23.1 Å². The fraction of sp³-hybridized carbons (Fsp3) is 0.300. The Hall–Kier alpha value is -0.530. The van der Waals surface area contributed by atoms with Crippen LogP contribution in [-0.4, -0.2) is 27.6 Å². The number of hydrogen-bond donors (Lipinski definition) is 1. The summed E-state index contributed by atoms with van der Waals surface area (Å²) in [7, 11) is -4.27. The molecule has 0 aliphatic carbocycles. The number of alkyl halides is 3. The lowest BCUT2D eigenvalue weighted by atomic mass is 10.1. The number of fused-ring (bicyclic) bond motifs is 1. The topological polar surface area (TPSA) is 74.7 Å². The van der Waals surface area contributed by atoms with Gasteiger partial charge >= 0.3 is 0 Å². The molecule has 2 rings (SSSR count). The van der Waals surface area contributed by atoms with E-state index in [0.717, 1.165) is 5.56 Å². The Labute approximate surface area is 124 Å². The molecule has 1 aromatic rings. The molecule has 104 valence electrons. The van der Waals surface area contributed by atoms with Crippen molar-refractivity contribution in [2.45, 2.75) is 21.8 Å². The molecule has 1 aromatic carbocycles. The van der Waals surface area contributed by atoms with Crippen molar-refractivity contribution in [1.82, 2.24) is 4.90 Å². The van der Waals surface area contributed by atoms with Crippen LogP contribution in [0.2, 0.25) is 0 Å². The van der Waals surface area contributed by atoms with Crippen molar-refractivity contribution < 1.29 is 17.8 Å². The summed E-state index contributed by atoms with van der Waals surface area (Å²) in [5.74, 6) is -0.679. The molecule has 5 nitrogen and oxygen atoms in total. The number of amides is 1. The highest BCUT2D eigenvalue weighted by Gasteiger charge is 2.37. The second kappa shape index (κ2) is 4.79. The van der Waals surface area contributed by atoms with E-state index in [4.69, 9.17) is 39.4 Å². The minimum Gasteiger partial charge on any atom is -0.330 e. The van der Waals surface area contributed by atoms with Crippen LogP contribution in [0.25, 0.3) is 0 Å². The van der Waals surface area contributed by atoms with Gasteiger partial charge in [-0.3, -0.25) is 9.35 Å². The van der Waals surface area contributed by atoms with E-state index < -0.39 is 19.8 Å². The predicted molar refractivity (Wildman–Crippen MR) is 70.8 cm³/mol. The first kappa shape index (κ1) is 14.9. The van der Waals surface area contributed by atoms with Crippen LogP contribution in [0.1, 0.15) is 11.1 Å². The Kier molecular flexibility index (Phi) is 3.75. The molecule has 0 spiro atoms. The van der Waals surface area contributed by atoms with E-state index in [1.165, 1.54) is 23.1 Å². The molecule has 1 heterocycles. The fourth-order valence-electron chi connectivity index (χ4n) is 1.85. The molecule has 0 saturated carbocycles. The third-order valence-electron chi connectivity index (χ3n) is 2.73. The summed E-state index contributed by atoms with van der Waals surface area (Å²) in [5.41, 5.74) is 1.34. The van der Waals surface area contributed by atoms with Crippen molar-refractivity contribution in [2.75, 3.05) is 0 Å². The molecule has 1 N–H and O–H groups in total. The van der Waals surface area contributed by atoms with Crippen molar-refractivity contribution in [3.8, 4) is 0 Å². The number of carbonyl (C=O) groups excluding carboxylic acids is 1. The minimum absolute atomic E-state index is 0.130. The third-order valence-corrected chi connectivity index (χ3v) is 4.06. The van der Waals surface area contributed by atoms with Crippen LogP contribution in [-0.2, 0) is 28.0 Å². The molecule has 0 unspecified atom stereocenters. The fourth-order valence-corrected chi connectivity index (χ4v) is 2.74. The van der Waals surface area contributed by atoms with E-state index in [9.17, 15) is 13.2 Å². The largest absolute Gasteiger partial charge is 0.330 e. The van der Waals surface area contributed by atoms with Gasteiger partial charge in [0.15, 0.2) is 0 Å². The van der Waals surface area contributed by atoms with Gasteiger partial charge in [0.2, 0.25) is 0 Å². The van der Waals surface area contributed by atoms with Gasteiger partial charge in [0.25, 0.3) is 19.8 Å². The number of hydrogen-bond acceptors (Lipinski definition) is 3. The molecule has 0 bridgehead atoms. The second-order valence-corrected chi connectivity index (χ2v) is 7.77. The average Bonchev–Trinajstić information content (AvgIpc) is 2.67. The number of carbonyl (C=O) groups is 1. The third kappa shape index (κ3) is 3.14. The van der Waals surface area contributed by atoms with Crippen molar-refractivity contribution in [3.05, 3.63) is 29.3 Å². The number of benzene rings is 1. The predicted octanol–water partition coefficient (Wildman–Crippen LogP) is 2.15. The van der Waals surface area contributed by atoms with Crippen molar-refractivity contribution in [2.24, 2.45) is 0 Å². The van der Waals surface area contributed by atoms with Crippen molar-refractivity contribution in [3.63, 3.8) is 0 Å². The Morgan fingerprint density at radius 1 is 1.21 bits per heavy atom. The normalized spacial score (nSPS) is 15.5. The summed E-state index contributed by atoms with van der Waals surface area (Å²) in [6.45, 7) is 0.360. The molecule has 0 aromatic heterocycles. The summed E-state index contributed by atoms with van der Waals surface area (Å²) < 4.78 is 28.9. The highest BCUT2D eigenvalue weighted by molar-refractivity contribution is 7.85. The van der Waals surface area contributed by atoms with E-state index >= 15 is 0 Å². The zero-order chi connectivity index (χ0) is 14.4. The molecule has 19 heavy (non-hydrogen) atoms. The maximum Gasteiger partial charge on any atom is 0.294 e. The smallest absolute Gasteiger partial charge is 0.294 e. The van der Waals surface area contributed by atoms with E-state index in [0.29, 0.717) is 5.56 Å². The minimum atomic E-state index is -4.27. The van der Waals surface area contributed by atoms with Crippen molar-refractivity contribution in [1.29, 1.82) is 0 Å². The quantitative estimate of drug-likeness (QED) is 0.626. The van der Waals surface area contributed by atoms with Gasteiger partial charge in [-0.1, -0.05) is 40.9 Å². The summed E-state index contributed by atoms with van der Waals surface area (Å²) in [6.07, 6.45) is 0. The zero-order valence-electron chi connectivity index (χ0n) is 9.31. The summed E-state index contributed by atoms with van der Waals surface area (Å²) in [4.78, 5) is 12.8.